The van der Waals surface area contributed by atoms with E-state index in [1.807, 2.05) is 60.9 Å². The summed E-state index contributed by atoms with van der Waals surface area (Å²) >= 11 is 0. The molecule has 0 bridgehead atoms. The van der Waals surface area contributed by atoms with Crippen molar-refractivity contribution in [1.29, 1.82) is 0 Å². The fourth-order valence-electron chi connectivity index (χ4n) is 2.98. The van der Waals surface area contributed by atoms with Gasteiger partial charge in [-0.25, -0.2) is 18.7 Å². The Labute approximate surface area is 198 Å². The Morgan fingerprint density at radius 2 is 1.34 bits per heavy atom. The first kappa shape index (κ1) is 24.8. The van der Waals surface area contributed by atoms with E-state index in [1.54, 1.807) is 12.2 Å². The third kappa shape index (κ3) is 7.67. The lowest BCUT2D eigenvalue weighted by Crippen LogP contribution is -3.00. The zero-order valence-corrected chi connectivity index (χ0v) is 19.6. The van der Waals surface area contributed by atoms with Gasteiger partial charge in [0.1, 0.15) is 25.5 Å². The minimum atomic E-state index is -0.367. The second kappa shape index (κ2) is 12.4. The van der Waals surface area contributed by atoms with Crippen LogP contribution in [0.5, 0.6) is 0 Å². The van der Waals surface area contributed by atoms with E-state index in [0.717, 1.165) is 24.2 Å². The van der Waals surface area contributed by atoms with Crippen molar-refractivity contribution < 1.29 is 40.6 Å². The van der Waals surface area contributed by atoms with Gasteiger partial charge in [0.25, 0.3) is 0 Å². The van der Waals surface area contributed by atoms with Crippen LogP contribution in [0, 0.1) is 0 Å². The van der Waals surface area contributed by atoms with E-state index in [4.69, 9.17) is 0 Å². The number of hydrogen-bond acceptors (Lipinski definition) is 4. The van der Waals surface area contributed by atoms with Crippen LogP contribution in [0.25, 0.3) is 12.2 Å². The third-order valence-electron chi connectivity index (χ3n) is 4.66. The molecule has 1 aromatic heterocycles. The summed E-state index contributed by atoms with van der Waals surface area (Å²) in [6.45, 7) is 1.51. The fourth-order valence-corrected chi connectivity index (χ4v) is 2.98. The highest BCUT2D eigenvalue weighted by Crippen LogP contribution is 2.09. The van der Waals surface area contributed by atoms with E-state index >= 15 is 0 Å². The maximum absolute atomic E-state index is 11.2. The lowest BCUT2D eigenvalue weighted by molar-refractivity contribution is -0.687. The second-order valence-corrected chi connectivity index (χ2v) is 6.95. The lowest BCUT2D eigenvalue weighted by atomic mass is 10.1. The molecule has 32 heavy (non-hydrogen) atoms. The molecule has 0 amide bonds. The number of ether oxygens (including phenoxy) is 2. The highest BCUT2D eigenvalue weighted by atomic mass is 79.9. The maximum atomic E-state index is 11.2. The zero-order valence-electron chi connectivity index (χ0n) is 18.0. The summed E-state index contributed by atoms with van der Waals surface area (Å²) in [4.78, 5) is 22.3. The molecular weight excluding hydrogens is 472 g/mol. The number of carbonyl (C=O) groups is 2. The number of hydrogen-bond donors (Lipinski definition) is 0. The number of halogens is 1. The van der Waals surface area contributed by atoms with Crippen LogP contribution in [0.2, 0.25) is 0 Å². The molecule has 2 aromatic carbocycles. The molecule has 1 heterocycles. The van der Waals surface area contributed by atoms with Gasteiger partial charge in [-0.2, -0.15) is 0 Å². The molecule has 0 N–H and O–H groups in total. The summed E-state index contributed by atoms with van der Waals surface area (Å²) in [7, 11) is 2.72. The highest BCUT2D eigenvalue weighted by molar-refractivity contribution is 5.87. The molecule has 0 fully saturated rings. The zero-order chi connectivity index (χ0) is 22.1. The van der Waals surface area contributed by atoms with Crippen LogP contribution in [0.3, 0.4) is 0 Å². The molecule has 7 heteroatoms. The van der Waals surface area contributed by atoms with Crippen molar-refractivity contribution in [2.24, 2.45) is 0 Å². The molecule has 0 aliphatic heterocycles. The van der Waals surface area contributed by atoms with Gasteiger partial charge in [-0.3, -0.25) is 0 Å². The fraction of sp³-hybridized carbons (Fsp3) is 0.160. The van der Waals surface area contributed by atoms with Crippen molar-refractivity contribution in [3.8, 4) is 0 Å². The number of rotatable bonds is 8. The summed E-state index contributed by atoms with van der Waals surface area (Å²) in [6, 6.07) is 16.1. The molecule has 0 saturated carbocycles. The van der Waals surface area contributed by atoms with Crippen LogP contribution in [0.15, 0.2) is 79.4 Å². The van der Waals surface area contributed by atoms with Crippen molar-refractivity contribution in [2.75, 3.05) is 14.2 Å². The molecule has 6 nitrogen and oxygen atoms in total. The molecule has 0 unspecified atom stereocenters. The van der Waals surface area contributed by atoms with Crippen LogP contribution in [-0.2, 0) is 32.2 Å². The molecule has 0 saturated heterocycles. The number of aromatic nitrogens is 2. The van der Waals surface area contributed by atoms with Crippen LogP contribution in [-0.4, -0.2) is 30.7 Å². The van der Waals surface area contributed by atoms with Gasteiger partial charge in [0.05, 0.1) is 14.2 Å². The van der Waals surface area contributed by atoms with Crippen molar-refractivity contribution in [2.45, 2.75) is 13.1 Å². The lowest BCUT2D eigenvalue weighted by Gasteiger charge is -2.01. The maximum Gasteiger partial charge on any atom is 0.330 e. The van der Waals surface area contributed by atoms with Crippen molar-refractivity contribution in [3.63, 3.8) is 0 Å². The topological polar surface area (TPSA) is 61.4 Å². The van der Waals surface area contributed by atoms with Crippen molar-refractivity contribution in [3.05, 3.63) is 102 Å². The number of carbonyl (C=O) groups excluding carboxylic acids is 2. The van der Waals surface area contributed by atoms with E-state index in [9.17, 15) is 9.59 Å². The minimum Gasteiger partial charge on any atom is -1.00 e. The Morgan fingerprint density at radius 3 is 1.84 bits per heavy atom. The molecule has 3 aromatic rings. The molecule has 0 atom stereocenters. The van der Waals surface area contributed by atoms with Gasteiger partial charge in [-0.05, 0) is 34.4 Å². The minimum absolute atomic E-state index is 0. The second-order valence-electron chi connectivity index (χ2n) is 6.95. The molecule has 3 rings (SSSR count). The number of methoxy groups -OCH3 is 2. The molecule has 0 aliphatic carbocycles. The van der Waals surface area contributed by atoms with Gasteiger partial charge in [0.2, 0.25) is 6.33 Å². The van der Waals surface area contributed by atoms with Gasteiger partial charge >= 0.3 is 11.9 Å². The molecular formula is C25H25BrN2O4. The number of benzene rings is 2. The Bertz CT molecular complexity index is 998. The predicted octanol–water partition coefficient (Wildman–Crippen LogP) is 0.249. The SMILES string of the molecule is COC(=O)/C=C/c1ccc(Cn2cc[n+](Cc3ccc(/C=C/C(=O)OC)cc3)c2)cc1.[Br-]. The van der Waals surface area contributed by atoms with E-state index in [2.05, 4.69) is 24.9 Å². The summed E-state index contributed by atoms with van der Waals surface area (Å²) in [6.07, 6.45) is 12.4. The van der Waals surface area contributed by atoms with E-state index in [0.29, 0.717) is 0 Å². The highest BCUT2D eigenvalue weighted by Gasteiger charge is 2.06. The molecule has 166 valence electrons. The quantitative estimate of drug-likeness (QED) is 0.255. The average molecular weight is 497 g/mol. The Kier molecular flexibility index (Phi) is 9.63. The Hall–Kier alpha value is -3.45. The van der Waals surface area contributed by atoms with Crippen molar-refractivity contribution in [1.82, 2.24) is 4.57 Å². The summed E-state index contributed by atoms with van der Waals surface area (Å²) < 4.78 is 13.4. The van der Waals surface area contributed by atoms with Crippen LogP contribution < -0.4 is 21.5 Å². The van der Waals surface area contributed by atoms with E-state index in [1.165, 1.54) is 37.5 Å². The first-order valence-electron chi connectivity index (χ1n) is 9.80. The molecule has 0 aliphatic rings. The van der Waals surface area contributed by atoms with Gasteiger partial charge in [0.15, 0.2) is 0 Å². The van der Waals surface area contributed by atoms with E-state index in [-0.39, 0.29) is 28.9 Å². The number of esters is 2. The average Bonchev–Trinajstić information content (AvgIpc) is 3.24. The molecule has 0 spiro atoms. The summed E-state index contributed by atoms with van der Waals surface area (Å²) in [5.41, 5.74) is 4.22. The van der Waals surface area contributed by atoms with Crippen LogP contribution in [0.1, 0.15) is 22.3 Å². The first-order valence-corrected chi connectivity index (χ1v) is 9.80. The monoisotopic (exact) mass is 496 g/mol. The standard InChI is InChI=1S/C25H25N2O4.BrH/c1-30-24(28)13-11-20-3-7-22(8-4-20)17-26-15-16-27(19-26)18-23-9-5-21(6-10-23)12-14-25(29)31-2;/h3-16,19H,17-18H2,1-2H3;1H/q+1;/p-1/b13-11+,14-12+;. The normalized spacial score (nSPS) is 10.8. The van der Waals surface area contributed by atoms with Gasteiger partial charge in [-0.15, -0.1) is 0 Å². The van der Waals surface area contributed by atoms with Crippen LogP contribution in [0.4, 0.5) is 0 Å². The predicted molar refractivity (Wildman–Crippen MR) is 118 cm³/mol. The smallest absolute Gasteiger partial charge is 0.330 e. The first-order chi connectivity index (χ1) is 15.1. The largest absolute Gasteiger partial charge is 1.00 e. The van der Waals surface area contributed by atoms with Gasteiger partial charge < -0.3 is 26.5 Å². The Balaban J connectivity index is 0.00000363. The van der Waals surface area contributed by atoms with E-state index < -0.39 is 0 Å². The summed E-state index contributed by atoms with van der Waals surface area (Å²) in [5.74, 6) is -0.735. The van der Waals surface area contributed by atoms with Gasteiger partial charge in [-0.1, -0.05) is 48.5 Å². The van der Waals surface area contributed by atoms with Gasteiger partial charge in [0, 0.05) is 12.2 Å². The number of nitrogens with zero attached hydrogens (tertiary/aromatic N) is 2. The summed E-state index contributed by atoms with van der Waals surface area (Å²) in [5, 5.41) is 0. The van der Waals surface area contributed by atoms with Crippen LogP contribution >= 0.6 is 0 Å². The Morgan fingerprint density at radius 1 is 0.844 bits per heavy atom. The molecule has 0 radical (unpaired) electrons. The third-order valence-corrected chi connectivity index (χ3v) is 4.66. The number of imidazole rings is 1. The van der Waals surface area contributed by atoms with Crippen molar-refractivity contribution >= 4 is 24.1 Å².